The number of carbonyl (C=O) groups excluding carboxylic acids is 1. The molecule has 0 aliphatic rings. The SMILES string of the molecule is CCCCCCCCOC(=O)c1ccc(O)cc1.O=C(O)c1ccccc1. The van der Waals surface area contributed by atoms with E-state index in [2.05, 4.69) is 6.92 Å². The molecule has 0 spiro atoms. The Morgan fingerprint density at radius 3 is 1.96 bits per heavy atom. The minimum Gasteiger partial charge on any atom is -0.508 e. The Labute approximate surface area is 160 Å². The first-order chi connectivity index (χ1) is 13.0. The predicted molar refractivity (Wildman–Crippen MR) is 105 cm³/mol. The third kappa shape index (κ3) is 10.0. The maximum absolute atomic E-state index is 11.6. The molecule has 0 aliphatic carbocycles. The summed E-state index contributed by atoms with van der Waals surface area (Å²) in [6.07, 6.45) is 7.05. The van der Waals surface area contributed by atoms with Crippen molar-refractivity contribution in [1.82, 2.24) is 0 Å². The van der Waals surface area contributed by atoms with Gasteiger partial charge in [-0.15, -0.1) is 0 Å². The van der Waals surface area contributed by atoms with Crippen molar-refractivity contribution in [3.8, 4) is 5.75 Å². The summed E-state index contributed by atoms with van der Waals surface area (Å²) < 4.78 is 5.15. The Kier molecular flexibility index (Phi) is 11.0. The molecule has 0 amide bonds. The maximum Gasteiger partial charge on any atom is 0.338 e. The van der Waals surface area contributed by atoms with Gasteiger partial charge < -0.3 is 14.9 Å². The van der Waals surface area contributed by atoms with Crippen molar-refractivity contribution in [1.29, 1.82) is 0 Å². The fourth-order valence-corrected chi connectivity index (χ4v) is 2.31. The van der Waals surface area contributed by atoms with Crippen molar-refractivity contribution >= 4 is 11.9 Å². The van der Waals surface area contributed by atoms with E-state index >= 15 is 0 Å². The van der Waals surface area contributed by atoms with Crippen molar-refractivity contribution in [3.05, 3.63) is 65.7 Å². The topological polar surface area (TPSA) is 83.8 Å². The van der Waals surface area contributed by atoms with E-state index in [9.17, 15) is 9.59 Å². The quantitative estimate of drug-likeness (QED) is 0.461. The highest BCUT2D eigenvalue weighted by molar-refractivity contribution is 5.89. The molecular formula is C22H28O5. The number of aromatic hydroxyl groups is 1. The molecule has 2 aromatic rings. The van der Waals surface area contributed by atoms with Gasteiger partial charge in [-0.25, -0.2) is 9.59 Å². The van der Waals surface area contributed by atoms with Gasteiger partial charge in [0.05, 0.1) is 17.7 Å². The Hall–Kier alpha value is -2.82. The van der Waals surface area contributed by atoms with Gasteiger partial charge in [0.1, 0.15) is 5.75 Å². The molecule has 2 rings (SSSR count). The number of hydrogen-bond acceptors (Lipinski definition) is 4. The number of carboxylic acid groups (broad SMARTS) is 1. The van der Waals surface area contributed by atoms with Crippen LogP contribution in [0.15, 0.2) is 54.6 Å². The number of aromatic carboxylic acids is 1. The Morgan fingerprint density at radius 2 is 1.41 bits per heavy atom. The van der Waals surface area contributed by atoms with Crippen LogP contribution in [0.2, 0.25) is 0 Å². The van der Waals surface area contributed by atoms with E-state index in [4.69, 9.17) is 14.9 Å². The van der Waals surface area contributed by atoms with E-state index in [-0.39, 0.29) is 11.7 Å². The van der Waals surface area contributed by atoms with Crippen LogP contribution in [0.25, 0.3) is 0 Å². The number of carbonyl (C=O) groups is 2. The van der Waals surface area contributed by atoms with E-state index in [0.29, 0.717) is 17.7 Å². The lowest BCUT2D eigenvalue weighted by Crippen LogP contribution is -2.06. The zero-order chi connectivity index (χ0) is 19.9. The molecule has 5 heteroatoms. The van der Waals surface area contributed by atoms with E-state index in [1.165, 1.54) is 37.8 Å². The first-order valence-corrected chi connectivity index (χ1v) is 9.29. The molecule has 0 aromatic heterocycles. The second kappa shape index (κ2) is 13.4. The summed E-state index contributed by atoms with van der Waals surface area (Å²) in [5.74, 6) is -1.04. The zero-order valence-electron chi connectivity index (χ0n) is 15.8. The highest BCUT2D eigenvalue weighted by Crippen LogP contribution is 2.11. The van der Waals surface area contributed by atoms with Crippen LogP contribution >= 0.6 is 0 Å². The monoisotopic (exact) mass is 372 g/mol. The standard InChI is InChI=1S/C15H22O3.C7H6O2/c1-2-3-4-5-6-7-12-18-15(17)13-8-10-14(16)11-9-13;8-7(9)6-4-2-1-3-5-6/h8-11,16H,2-7,12H2,1H3;1-5H,(H,8,9). The molecule has 0 bridgehead atoms. The fourth-order valence-electron chi connectivity index (χ4n) is 2.31. The van der Waals surface area contributed by atoms with Crippen molar-refractivity contribution in [3.63, 3.8) is 0 Å². The van der Waals surface area contributed by atoms with Gasteiger partial charge in [-0.1, -0.05) is 57.2 Å². The minimum absolute atomic E-state index is 0.155. The molecule has 2 aromatic carbocycles. The average Bonchev–Trinajstić information content (AvgIpc) is 2.69. The number of phenols is 1. The first-order valence-electron chi connectivity index (χ1n) is 9.29. The van der Waals surface area contributed by atoms with Crippen LogP contribution in [0.4, 0.5) is 0 Å². The summed E-state index contributed by atoms with van der Waals surface area (Å²) in [5, 5.41) is 17.5. The number of unbranched alkanes of at least 4 members (excludes halogenated alkanes) is 5. The summed E-state index contributed by atoms with van der Waals surface area (Å²) in [7, 11) is 0. The number of esters is 1. The Bertz CT molecular complexity index is 665. The smallest absolute Gasteiger partial charge is 0.338 e. The molecular weight excluding hydrogens is 344 g/mol. The van der Waals surface area contributed by atoms with Gasteiger partial charge in [0.2, 0.25) is 0 Å². The van der Waals surface area contributed by atoms with E-state index in [0.717, 1.165) is 12.8 Å². The summed E-state index contributed by atoms with van der Waals surface area (Å²) in [5.41, 5.74) is 0.816. The highest BCUT2D eigenvalue weighted by atomic mass is 16.5. The largest absolute Gasteiger partial charge is 0.508 e. The molecule has 0 aliphatic heterocycles. The second-order valence-electron chi connectivity index (χ2n) is 6.12. The molecule has 0 saturated carbocycles. The van der Waals surface area contributed by atoms with Gasteiger partial charge in [0.25, 0.3) is 0 Å². The summed E-state index contributed by atoms with van der Waals surface area (Å²) in [6.45, 7) is 2.67. The highest BCUT2D eigenvalue weighted by Gasteiger charge is 2.06. The van der Waals surface area contributed by atoms with Crippen LogP contribution in [0, 0.1) is 0 Å². The van der Waals surface area contributed by atoms with Gasteiger partial charge in [0, 0.05) is 0 Å². The third-order valence-electron chi connectivity index (χ3n) is 3.85. The Morgan fingerprint density at radius 1 is 0.815 bits per heavy atom. The third-order valence-corrected chi connectivity index (χ3v) is 3.85. The molecule has 27 heavy (non-hydrogen) atoms. The van der Waals surface area contributed by atoms with Crippen molar-refractivity contribution in [2.24, 2.45) is 0 Å². The molecule has 0 saturated heterocycles. The van der Waals surface area contributed by atoms with Gasteiger partial charge in [0.15, 0.2) is 0 Å². The lowest BCUT2D eigenvalue weighted by molar-refractivity contribution is 0.0497. The second-order valence-corrected chi connectivity index (χ2v) is 6.12. The number of benzene rings is 2. The molecule has 0 radical (unpaired) electrons. The number of rotatable bonds is 9. The molecule has 0 unspecified atom stereocenters. The van der Waals surface area contributed by atoms with Crippen LogP contribution in [-0.2, 0) is 4.74 Å². The van der Waals surface area contributed by atoms with E-state index < -0.39 is 5.97 Å². The predicted octanol–water partition coefficient (Wildman–Crippen LogP) is 5.29. The molecule has 146 valence electrons. The average molecular weight is 372 g/mol. The molecule has 0 fully saturated rings. The minimum atomic E-state index is -0.879. The van der Waals surface area contributed by atoms with Gasteiger partial charge in [-0.05, 0) is 42.8 Å². The van der Waals surface area contributed by atoms with Gasteiger partial charge in [-0.3, -0.25) is 0 Å². The maximum atomic E-state index is 11.6. The van der Waals surface area contributed by atoms with Gasteiger partial charge in [-0.2, -0.15) is 0 Å². The van der Waals surface area contributed by atoms with E-state index in [1.54, 1.807) is 42.5 Å². The van der Waals surface area contributed by atoms with Crippen LogP contribution in [0.3, 0.4) is 0 Å². The van der Waals surface area contributed by atoms with Crippen molar-refractivity contribution in [2.75, 3.05) is 6.61 Å². The number of carboxylic acids is 1. The lowest BCUT2D eigenvalue weighted by atomic mass is 10.1. The zero-order valence-corrected chi connectivity index (χ0v) is 15.8. The summed E-state index contributed by atoms with van der Waals surface area (Å²) in [4.78, 5) is 21.8. The normalized spacial score (nSPS) is 9.81. The molecule has 2 N–H and O–H groups in total. The first kappa shape index (κ1) is 22.2. The van der Waals surface area contributed by atoms with Gasteiger partial charge >= 0.3 is 11.9 Å². The summed E-state index contributed by atoms with van der Waals surface area (Å²) in [6, 6.07) is 14.4. The van der Waals surface area contributed by atoms with Crippen molar-refractivity contribution in [2.45, 2.75) is 45.4 Å². The van der Waals surface area contributed by atoms with Crippen molar-refractivity contribution < 1.29 is 24.5 Å². The van der Waals surface area contributed by atoms with Crippen LogP contribution in [0.5, 0.6) is 5.75 Å². The lowest BCUT2D eigenvalue weighted by Gasteiger charge is -2.05. The molecule has 5 nitrogen and oxygen atoms in total. The summed E-state index contributed by atoms with van der Waals surface area (Å²) >= 11 is 0. The number of ether oxygens (including phenoxy) is 1. The fraction of sp³-hybridized carbons (Fsp3) is 0.364. The molecule has 0 atom stereocenters. The van der Waals surface area contributed by atoms with Crippen LogP contribution in [0.1, 0.15) is 66.2 Å². The Balaban J connectivity index is 0.000000337. The van der Waals surface area contributed by atoms with Crippen LogP contribution < -0.4 is 0 Å². The number of hydrogen-bond donors (Lipinski definition) is 2. The number of phenolic OH excluding ortho intramolecular Hbond substituents is 1. The molecule has 0 heterocycles. The van der Waals surface area contributed by atoms with E-state index in [1.807, 2.05) is 0 Å². The van der Waals surface area contributed by atoms with Crippen LogP contribution in [-0.4, -0.2) is 28.8 Å².